The number of anilines is 1. The molecule has 33 heavy (non-hydrogen) atoms. The summed E-state index contributed by atoms with van der Waals surface area (Å²) in [5.41, 5.74) is 2.48. The Morgan fingerprint density at radius 1 is 1.15 bits per heavy atom. The van der Waals surface area contributed by atoms with Gasteiger partial charge in [0.15, 0.2) is 0 Å². The van der Waals surface area contributed by atoms with Crippen molar-refractivity contribution in [2.75, 3.05) is 17.6 Å². The fourth-order valence-corrected chi connectivity index (χ4v) is 4.31. The number of rotatable bonds is 7. The molecule has 2 aromatic rings. The van der Waals surface area contributed by atoms with Crippen LogP contribution < -0.4 is 14.8 Å². The third-order valence-electron chi connectivity index (χ3n) is 5.18. The summed E-state index contributed by atoms with van der Waals surface area (Å²) < 4.78 is 37.4. The topological polar surface area (TPSA) is 154 Å². The van der Waals surface area contributed by atoms with Gasteiger partial charge in [-0.3, -0.25) is 9.52 Å². The first-order chi connectivity index (χ1) is 15.5. The van der Waals surface area contributed by atoms with Crippen LogP contribution in [0.5, 0.6) is 5.75 Å². The Kier molecular flexibility index (Phi) is 7.60. The molecular formula is C22H28N2O8S. The van der Waals surface area contributed by atoms with Crippen LogP contribution in [-0.2, 0) is 19.6 Å². The highest BCUT2D eigenvalue weighted by Gasteiger charge is 2.46. The number of carbonyl (C=O) groups is 1. The molecule has 1 saturated heterocycles. The summed E-state index contributed by atoms with van der Waals surface area (Å²) in [5, 5.41) is 32.8. The smallest absolute Gasteiger partial charge is 0.229 e. The number of amides is 1. The molecule has 1 fully saturated rings. The third-order valence-corrected chi connectivity index (χ3v) is 5.79. The quantitative estimate of drug-likeness (QED) is 0.380. The summed E-state index contributed by atoms with van der Waals surface area (Å²) in [7, 11) is -3.47. The van der Waals surface area contributed by atoms with Crippen LogP contribution in [0.3, 0.4) is 0 Å². The van der Waals surface area contributed by atoms with E-state index < -0.39 is 53.2 Å². The molecule has 0 aromatic heterocycles. The monoisotopic (exact) mass is 480 g/mol. The average molecular weight is 481 g/mol. The number of benzene rings is 2. The van der Waals surface area contributed by atoms with Crippen LogP contribution in [0.4, 0.5) is 5.69 Å². The molecule has 1 amide bonds. The molecule has 2 aromatic carbocycles. The minimum absolute atomic E-state index is 0.340. The first-order valence-electron chi connectivity index (χ1n) is 10.2. The second-order valence-electron chi connectivity index (χ2n) is 7.95. The first-order valence-corrected chi connectivity index (χ1v) is 12.1. The van der Waals surface area contributed by atoms with Gasteiger partial charge in [-0.15, -0.1) is 0 Å². The van der Waals surface area contributed by atoms with E-state index in [1.54, 1.807) is 36.4 Å². The molecule has 0 aliphatic carbocycles. The van der Waals surface area contributed by atoms with Crippen molar-refractivity contribution >= 4 is 21.6 Å². The van der Waals surface area contributed by atoms with Crippen LogP contribution in [-0.4, -0.2) is 73.2 Å². The van der Waals surface area contributed by atoms with E-state index in [0.717, 1.165) is 11.8 Å². The van der Waals surface area contributed by atoms with Crippen LogP contribution >= 0.6 is 0 Å². The van der Waals surface area contributed by atoms with Crippen LogP contribution in [0.1, 0.15) is 12.5 Å². The molecule has 5 atom stereocenters. The standard InChI is InChI=1S/C22H28N2O8S/c1-12-6-4-9-16(18(12)14-7-5-8-15(10-14)24-33(3,29)30)31-22-19(23-13(2)26)21(28)20(27)17(11-25)32-22/h4-10,17,19-22,24-25,27-28H,11H2,1-3H3,(H,23,26). The summed E-state index contributed by atoms with van der Waals surface area (Å²) >= 11 is 0. The molecule has 180 valence electrons. The van der Waals surface area contributed by atoms with E-state index in [2.05, 4.69) is 10.0 Å². The summed E-state index contributed by atoms with van der Waals surface area (Å²) in [6.07, 6.45) is -4.15. The fourth-order valence-electron chi connectivity index (χ4n) is 3.76. The number of aliphatic hydroxyl groups is 3. The SMILES string of the molecule is CC(=O)NC1C(Oc2cccc(C)c2-c2cccc(NS(C)(=O)=O)c2)OC(CO)C(O)C1O. The number of nitrogens with one attached hydrogen (secondary N) is 2. The van der Waals surface area contributed by atoms with E-state index in [1.807, 2.05) is 13.0 Å². The molecule has 1 heterocycles. The number of hydrogen-bond acceptors (Lipinski definition) is 8. The van der Waals surface area contributed by atoms with Crippen molar-refractivity contribution in [3.8, 4) is 16.9 Å². The Morgan fingerprint density at radius 2 is 1.85 bits per heavy atom. The number of hydrogen-bond donors (Lipinski definition) is 5. The van der Waals surface area contributed by atoms with Gasteiger partial charge in [0, 0.05) is 18.2 Å². The predicted molar refractivity (Wildman–Crippen MR) is 121 cm³/mol. The summed E-state index contributed by atoms with van der Waals surface area (Å²) in [4.78, 5) is 11.7. The van der Waals surface area contributed by atoms with E-state index in [1.165, 1.54) is 6.92 Å². The largest absolute Gasteiger partial charge is 0.462 e. The van der Waals surface area contributed by atoms with Crippen LogP contribution in [0.2, 0.25) is 0 Å². The van der Waals surface area contributed by atoms with Crippen molar-refractivity contribution in [3.63, 3.8) is 0 Å². The van der Waals surface area contributed by atoms with Crippen molar-refractivity contribution in [1.82, 2.24) is 5.32 Å². The number of aliphatic hydroxyl groups excluding tert-OH is 3. The van der Waals surface area contributed by atoms with Crippen LogP contribution in [0.15, 0.2) is 42.5 Å². The average Bonchev–Trinajstić information content (AvgIpc) is 2.72. The van der Waals surface area contributed by atoms with E-state index in [4.69, 9.17) is 9.47 Å². The Hall–Kier alpha value is -2.70. The lowest BCUT2D eigenvalue weighted by Crippen LogP contribution is -2.65. The van der Waals surface area contributed by atoms with Crippen LogP contribution in [0, 0.1) is 6.92 Å². The molecule has 0 saturated carbocycles. The van der Waals surface area contributed by atoms with Crippen molar-refractivity contribution in [1.29, 1.82) is 0 Å². The normalized spacial score (nSPS) is 25.3. The van der Waals surface area contributed by atoms with Gasteiger partial charge in [-0.2, -0.15) is 0 Å². The maximum atomic E-state index is 11.7. The third kappa shape index (κ3) is 6.01. The highest BCUT2D eigenvalue weighted by molar-refractivity contribution is 7.92. The second-order valence-corrected chi connectivity index (χ2v) is 9.70. The highest BCUT2D eigenvalue weighted by Crippen LogP contribution is 2.36. The second kappa shape index (κ2) is 10.1. The maximum absolute atomic E-state index is 11.7. The molecule has 5 N–H and O–H groups in total. The van der Waals surface area contributed by atoms with Gasteiger partial charge in [0.25, 0.3) is 0 Å². The lowest BCUT2D eigenvalue weighted by atomic mass is 9.96. The van der Waals surface area contributed by atoms with Crippen molar-refractivity contribution in [3.05, 3.63) is 48.0 Å². The Morgan fingerprint density at radius 3 is 2.48 bits per heavy atom. The maximum Gasteiger partial charge on any atom is 0.229 e. The van der Waals surface area contributed by atoms with E-state index in [-0.39, 0.29) is 0 Å². The molecule has 0 bridgehead atoms. The molecular weight excluding hydrogens is 452 g/mol. The summed E-state index contributed by atoms with van der Waals surface area (Å²) in [6, 6.07) is 10.9. The number of aryl methyl sites for hydroxylation is 1. The molecule has 11 heteroatoms. The van der Waals surface area contributed by atoms with Gasteiger partial charge in [0.05, 0.1) is 12.9 Å². The minimum atomic E-state index is -3.47. The molecule has 0 radical (unpaired) electrons. The fraction of sp³-hybridized carbons (Fsp3) is 0.409. The van der Waals surface area contributed by atoms with Gasteiger partial charge < -0.3 is 30.1 Å². The van der Waals surface area contributed by atoms with E-state index in [0.29, 0.717) is 22.6 Å². The predicted octanol–water partition coefficient (Wildman–Crippen LogP) is 0.356. The number of ether oxygens (including phenoxy) is 2. The Balaban J connectivity index is 2.00. The summed E-state index contributed by atoms with van der Waals surface area (Å²) in [6.45, 7) is 2.54. The highest BCUT2D eigenvalue weighted by atomic mass is 32.2. The van der Waals surface area contributed by atoms with Gasteiger partial charge in [-0.05, 0) is 36.2 Å². The zero-order valence-corrected chi connectivity index (χ0v) is 19.2. The van der Waals surface area contributed by atoms with E-state index in [9.17, 15) is 28.5 Å². The molecule has 3 rings (SSSR count). The zero-order chi connectivity index (χ0) is 24.3. The van der Waals surface area contributed by atoms with E-state index >= 15 is 0 Å². The van der Waals surface area contributed by atoms with Gasteiger partial charge in [-0.25, -0.2) is 8.42 Å². The molecule has 0 spiro atoms. The van der Waals surface area contributed by atoms with Gasteiger partial charge in [-0.1, -0.05) is 24.3 Å². The van der Waals surface area contributed by atoms with Gasteiger partial charge in [0.1, 0.15) is 30.1 Å². The molecule has 5 unspecified atom stereocenters. The molecule has 10 nitrogen and oxygen atoms in total. The lowest BCUT2D eigenvalue weighted by Gasteiger charge is -2.42. The summed E-state index contributed by atoms with van der Waals surface area (Å²) in [5.74, 6) is -0.123. The molecule has 1 aliphatic rings. The molecule has 1 aliphatic heterocycles. The number of sulfonamides is 1. The Labute approximate surface area is 192 Å². The van der Waals surface area contributed by atoms with Crippen molar-refractivity contribution < 1.29 is 38.0 Å². The van der Waals surface area contributed by atoms with Crippen molar-refractivity contribution in [2.24, 2.45) is 0 Å². The number of carbonyl (C=O) groups excluding carboxylic acids is 1. The van der Waals surface area contributed by atoms with Gasteiger partial charge in [0.2, 0.25) is 22.2 Å². The van der Waals surface area contributed by atoms with Crippen LogP contribution in [0.25, 0.3) is 11.1 Å². The lowest BCUT2D eigenvalue weighted by molar-refractivity contribution is -0.244. The first kappa shape index (κ1) is 24.9. The minimum Gasteiger partial charge on any atom is -0.462 e. The Bertz CT molecular complexity index is 1110. The van der Waals surface area contributed by atoms with Crippen molar-refractivity contribution in [2.45, 2.75) is 44.5 Å². The zero-order valence-electron chi connectivity index (χ0n) is 18.4. The van der Waals surface area contributed by atoms with Gasteiger partial charge >= 0.3 is 0 Å².